The zero-order valence-corrected chi connectivity index (χ0v) is 8.04. The van der Waals surface area contributed by atoms with Gasteiger partial charge in [0.2, 0.25) is 5.91 Å². The summed E-state index contributed by atoms with van der Waals surface area (Å²) < 4.78 is 0. The molecule has 0 spiro atoms. The van der Waals surface area contributed by atoms with Crippen molar-refractivity contribution in [3.63, 3.8) is 0 Å². The van der Waals surface area contributed by atoms with Gasteiger partial charge in [0.25, 0.3) is 0 Å². The Morgan fingerprint density at radius 2 is 1.54 bits per heavy atom. The average Bonchev–Trinajstić information content (AvgIpc) is 2.92. The molecule has 2 heterocycles. The summed E-state index contributed by atoms with van der Waals surface area (Å²) in [5, 5.41) is 0. The van der Waals surface area contributed by atoms with Crippen molar-refractivity contribution in [2.24, 2.45) is 5.92 Å². The zero-order valence-electron chi connectivity index (χ0n) is 8.04. The fourth-order valence-electron chi connectivity index (χ4n) is 3.02. The Morgan fingerprint density at radius 3 is 2.08 bits per heavy atom. The monoisotopic (exact) mass is 179 g/mol. The Balaban J connectivity index is 1.78. The summed E-state index contributed by atoms with van der Waals surface area (Å²) in [7, 11) is 0. The second-order valence-corrected chi connectivity index (χ2v) is 4.84. The molecule has 0 radical (unpaired) electrons. The van der Waals surface area contributed by atoms with E-state index in [1.54, 1.807) is 0 Å². The van der Waals surface area contributed by atoms with Crippen molar-refractivity contribution in [1.29, 1.82) is 0 Å². The normalized spacial score (nSPS) is 38.0. The second-order valence-electron chi connectivity index (χ2n) is 4.84. The highest BCUT2D eigenvalue weighted by molar-refractivity contribution is 5.82. The summed E-state index contributed by atoms with van der Waals surface area (Å²) in [6.45, 7) is 0. The number of piperidine rings is 1. The van der Waals surface area contributed by atoms with E-state index >= 15 is 0 Å². The molecule has 2 aliphatic heterocycles. The first-order valence-corrected chi connectivity index (χ1v) is 5.68. The first kappa shape index (κ1) is 7.84. The van der Waals surface area contributed by atoms with E-state index in [9.17, 15) is 4.79 Å². The van der Waals surface area contributed by atoms with Gasteiger partial charge in [-0.05, 0) is 44.9 Å². The van der Waals surface area contributed by atoms with Crippen LogP contribution < -0.4 is 0 Å². The lowest BCUT2D eigenvalue weighted by Gasteiger charge is -2.35. The van der Waals surface area contributed by atoms with Crippen molar-refractivity contribution in [2.75, 3.05) is 0 Å². The molecule has 1 saturated carbocycles. The van der Waals surface area contributed by atoms with E-state index in [1.165, 1.54) is 32.1 Å². The summed E-state index contributed by atoms with van der Waals surface area (Å²) in [5.74, 6) is 0.924. The van der Waals surface area contributed by atoms with Crippen LogP contribution in [0.15, 0.2) is 0 Å². The zero-order chi connectivity index (χ0) is 8.84. The minimum absolute atomic E-state index is 0.432. The van der Waals surface area contributed by atoms with Gasteiger partial charge >= 0.3 is 0 Å². The molecule has 2 unspecified atom stereocenters. The Hall–Kier alpha value is -0.530. The molecule has 3 fully saturated rings. The van der Waals surface area contributed by atoms with Crippen molar-refractivity contribution >= 4 is 5.91 Å². The van der Waals surface area contributed by atoms with Crippen LogP contribution >= 0.6 is 0 Å². The maximum Gasteiger partial charge on any atom is 0.226 e. The van der Waals surface area contributed by atoms with E-state index < -0.39 is 0 Å². The molecule has 72 valence electrons. The molecule has 2 heteroatoms. The van der Waals surface area contributed by atoms with Gasteiger partial charge in [-0.25, -0.2) is 0 Å². The lowest BCUT2D eigenvalue weighted by atomic mass is 10.0. The Bertz CT molecular complexity index is 218. The number of amides is 1. The first-order chi connectivity index (χ1) is 6.36. The van der Waals surface area contributed by atoms with Crippen molar-refractivity contribution in [1.82, 2.24) is 4.90 Å². The Kier molecular flexibility index (Phi) is 1.64. The smallest absolute Gasteiger partial charge is 0.226 e. The number of rotatable bonds is 1. The van der Waals surface area contributed by atoms with Crippen LogP contribution in [0.2, 0.25) is 0 Å². The minimum Gasteiger partial charge on any atom is -0.336 e. The van der Waals surface area contributed by atoms with Gasteiger partial charge in [-0.1, -0.05) is 0 Å². The topological polar surface area (TPSA) is 20.3 Å². The standard InChI is InChI=1S/C11H17NO/c13-11(8-4-5-8)12-9-2-1-3-10(12)7-6-9/h8-10H,1-7H2. The molecule has 2 nitrogen and oxygen atoms in total. The number of hydrogen-bond donors (Lipinski definition) is 0. The van der Waals surface area contributed by atoms with E-state index in [-0.39, 0.29) is 0 Å². The maximum atomic E-state index is 11.9. The van der Waals surface area contributed by atoms with E-state index in [0.717, 1.165) is 12.8 Å². The van der Waals surface area contributed by atoms with Gasteiger partial charge in [0.1, 0.15) is 0 Å². The number of nitrogens with zero attached hydrogens (tertiary/aromatic N) is 1. The van der Waals surface area contributed by atoms with Crippen LogP contribution in [-0.2, 0) is 4.79 Å². The van der Waals surface area contributed by atoms with E-state index in [0.29, 0.717) is 23.9 Å². The van der Waals surface area contributed by atoms with E-state index in [4.69, 9.17) is 0 Å². The van der Waals surface area contributed by atoms with Gasteiger partial charge in [0, 0.05) is 18.0 Å². The molecule has 1 amide bonds. The number of fused-ring (bicyclic) bond motifs is 2. The number of carbonyl (C=O) groups is 1. The molecule has 2 saturated heterocycles. The molecular weight excluding hydrogens is 162 g/mol. The molecular formula is C11H17NO. The van der Waals surface area contributed by atoms with Crippen LogP contribution in [0, 0.1) is 5.92 Å². The lowest BCUT2D eigenvalue weighted by molar-refractivity contribution is -0.136. The second kappa shape index (κ2) is 2.73. The predicted molar refractivity (Wildman–Crippen MR) is 50.2 cm³/mol. The summed E-state index contributed by atoms with van der Waals surface area (Å²) in [5.41, 5.74) is 0. The third-order valence-electron chi connectivity index (χ3n) is 3.88. The third kappa shape index (κ3) is 1.18. The number of hydrogen-bond acceptors (Lipinski definition) is 1. The lowest BCUT2D eigenvalue weighted by Crippen LogP contribution is -2.44. The highest BCUT2D eigenvalue weighted by Crippen LogP contribution is 2.40. The van der Waals surface area contributed by atoms with Gasteiger partial charge < -0.3 is 4.90 Å². The Labute approximate surface area is 79.3 Å². The molecule has 2 atom stereocenters. The van der Waals surface area contributed by atoms with Crippen molar-refractivity contribution in [3.8, 4) is 0 Å². The SMILES string of the molecule is O=C(C1CC1)N1C2CCCC1CC2. The van der Waals surface area contributed by atoms with Crippen LogP contribution in [0.25, 0.3) is 0 Å². The van der Waals surface area contributed by atoms with Crippen LogP contribution in [0.3, 0.4) is 0 Å². The molecule has 2 bridgehead atoms. The van der Waals surface area contributed by atoms with E-state index in [1.807, 2.05) is 0 Å². The highest BCUT2D eigenvalue weighted by Gasteiger charge is 2.44. The van der Waals surface area contributed by atoms with Crippen molar-refractivity contribution in [2.45, 2.75) is 57.0 Å². The van der Waals surface area contributed by atoms with Gasteiger partial charge in [-0.3, -0.25) is 4.79 Å². The van der Waals surface area contributed by atoms with Crippen LogP contribution in [-0.4, -0.2) is 22.9 Å². The Morgan fingerprint density at radius 1 is 0.923 bits per heavy atom. The molecule has 13 heavy (non-hydrogen) atoms. The fraction of sp³-hybridized carbons (Fsp3) is 0.909. The van der Waals surface area contributed by atoms with Gasteiger partial charge in [0.15, 0.2) is 0 Å². The molecule has 3 rings (SSSR count). The first-order valence-electron chi connectivity index (χ1n) is 5.68. The molecule has 0 aromatic rings. The molecule has 1 aliphatic carbocycles. The quantitative estimate of drug-likeness (QED) is 0.602. The largest absolute Gasteiger partial charge is 0.336 e. The van der Waals surface area contributed by atoms with Gasteiger partial charge in [-0.15, -0.1) is 0 Å². The van der Waals surface area contributed by atoms with Crippen LogP contribution in [0.4, 0.5) is 0 Å². The van der Waals surface area contributed by atoms with Crippen molar-refractivity contribution < 1.29 is 4.79 Å². The van der Waals surface area contributed by atoms with Gasteiger partial charge in [-0.2, -0.15) is 0 Å². The maximum absolute atomic E-state index is 11.9. The fourth-order valence-corrected chi connectivity index (χ4v) is 3.02. The summed E-state index contributed by atoms with van der Waals surface area (Å²) in [6, 6.07) is 1.26. The van der Waals surface area contributed by atoms with Crippen LogP contribution in [0.1, 0.15) is 44.9 Å². The molecule has 0 aromatic heterocycles. The molecule has 0 N–H and O–H groups in total. The predicted octanol–water partition coefficient (Wildman–Crippen LogP) is 1.94. The summed E-state index contributed by atoms with van der Waals surface area (Å²) in [4.78, 5) is 14.2. The molecule has 3 aliphatic rings. The molecule has 0 aromatic carbocycles. The third-order valence-corrected chi connectivity index (χ3v) is 3.88. The van der Waals surface area contributed by atoms with Crippen molar-refractivity contribution in [3.05, 3.63) is 0 Å². The average molecular weight is 179 g/mol. The van der Waals surface area contributed by atoms with Gasteiger partial charge in [0.05, 0.1) is 0 Å². The van der Waals surface area contributed by atoms with E-state index in [2.05, 4.69) is 4.90 Å². The summed E-state index contributed by atoms with van der Waals surface area (Å²) in [6.07, 6.45) is 8.78. The number of carbonyl (C=O) groups excluding carboxylic acids is 1. The minimum atomic E-state index is 0.432. The highest BCUT2D eigenvalue weighted by atomic mass is 16.2. The summed E-state index contributed by atoms with van der Waals surface area (Å²) >= 11 is 0. The van der Waals surface area contributed by atoms with Crippen LogP contribution in [0.5, 0.6) is 0 Å².